The van der Waals surface area contributed by atoms with Gasteiger partial charge in [0.25, 0.3) is 0 Å². The topological polar surface area (TPSA) is 26.3 Å². The van der Waals surface area contributed by atoms with Crippen molar-refractivity contribution in [1.82, 2.24) is 0 Å². The zero-order valence-corrected chi connectivity index (χ0v) is 13.0. The Morgan fingerprint density at radius 1 is 1.05 bits per heavy atom. The van der Waals surface area contributed by atoms with Crippen LogP contribution in [0.15, 0.2) is 48.5 Å². The first-order chi connectivity index (χ1) is 10.1. The minimum absolute atomic E-state index is 0.344. The number of carbonyl (C=O) groups is 1. The highest BCUT2D eigenvalue weighted by molar-refractivity contribution is 6.35. The second-order valence-corrected chi connectivity index (χ2v) is 5.24. The molecular weight excluding hydrogens is 307 g/mol. The van der Waals surface area contributed by atoms with E-state index < -0.39 is 0 Å². The SMILES string of the molecule is CCOC(=O)C=Cc1ccc(-c2cc(Cl)cc(Cl)c2)cc1. The van der Waals surface area contributed by atoms with Crippen LogP contribution in [0.5, 0.6) is 0 Å². The average molecular weight is 321 g/mol. The van der Waals surface area contributed by atoms with Gasteiger partial charge in [-0.1, -0.05) is 47.5 Å². The van der Waals surface area contributed by atoms with Crippen LogP contribution < -0.4 is 0 Å². The van der Waals surface area contributed by atoms with Crippen molar-refractivity contribution in [2.45, 2.75) is 6.92 Å². The van der Waals surface area contributed by atoms with Crippen LogP contribution >= 0.6 is 23.2 Å². The maximum atomic E-state index is 11.2. The van der Waals surface area contributed by atoms with Gasteiger partial charge >= 0.3 is 5.97 Å². The number of halogens is 2. The van der Waals surface area contributed by atoms with Crippen LogP contribution in [-0.2, 0) is 9.53 Å². The molecule has 0 saturated heterocycles. The van der Waals surface area contributed by atoms with E-state index in [1.165, 1.54) is 6.08 Å². The Hall–Kier alpha value is -1.77. The predicted molar refractivity (Wildman–Crippen MR) is 87.6 cm³/mol. The van der Waals surface area contributed by atoms with Crippen molar-refractivity contribution in [3.05, 3.63) is 64.1 Å². The summed E-state index contributed by atoms with van der Waals surface area (Å²) in [6.07, 6.45) is 3.13. The first-order valence-corrected chi connectivity index (χ1v) is 7.25. The van der Waals surface area contributed by atoms with Crippen molar-refractivity contribution in [1.29, 1.82) is 0 Å². The van der Waals surface area contributed by atoms with Crippen LogP contribution in [-0.4, -0.2) is 12.6 Å². The molecule has 2 aromatic carbocycles. The fourth-order valence-corrected chi connectivity index (χ4v) is 2.39. The molecule has 2 nitrogen and oxygen atoms in total. The fraction of sp³-hybridized carbons (Fsp3) is 0.118. The van der Waals surface area contributed by atoms with E-state index >= 15 is 0 Å². The van der Waals surface area contributed by atoms with Crippen molar-refractivity contribution in [2.24, 2.45) is 0 Å². The van der Waals surface area contributed by atoms with Crippen molar-refractivity contribution < 1.29 is 9.53 Å². The first kappa shape index (κ1) is 15.6. The van der Waals surface area contributed by atoms with Crippen LogP contribution in [0.4, 0.5) is 0 Å². The number of benzene rings is 2. The minimum atomic E-state index is -0.344. The van der Waals surface area contributed by atoms with Gasteiger partial charge in [-0.2, -0.15) is 0 Å². The van der Waals surface area contributed by atoms with Crippen molar-refractivity contribution in [3.63, 3.8) is 0 Å². The molecule has 0 unspecified atom stereocenters. The molecule has 108 valence electrons. The second kappa shape index (κ2) is 7.30. The van der Waals surface area contributed by atoms with Gasteiger partial charge in [0, 0.05) is 16.1 Å². The van der Waals surface area contributed by atoms with E-state index in [1.54, 1.807) is 19.1 Å². The number of hydrogen-bond donors (Lipinski definition) is 0. The number of carbonyl (C=O) groups excluding carboxylic acids is 1. The summed E-state index contributed by atoms with van der Waals surface area (Å²) in [7, 11) is 0. The fourth-order valence-electron chi connectivity index (χ4n) is 1.86. The van der Waals surface area contributed by atoms with Crippen LogP contribution in [0, 0.1) is 0 Å². The summed E-state index contributed by atoms with van der Waals surface area (Å²) in [5.74, 6) is -0.344. The van der Waals surface area contributed by atoms with E-state index in [4.69, 9.17) is 27.9 Å². The smallest absolute Gasteiger partial charge is 0.330 e. The summed E-state index contributed by atoms with van der Waals surface area (Å²) in [6, 6.07) is 13.1. The number of rotatable bonds is 4. The van der Waals surface area contributed by atoms with Gasteiger partial charge in [0.2, 0.25) is 0 Å². The Balaban J connectivity index is 2.17. The monoisotopic (exact) mass is 320 g/mol. The summed E-state index contributed by atoms with van der Waals surface area (Å²) in [4.78, 5) is 11.2. The lowest BCUT2D eigenvalue weighted by molar-refractivity contribution is -0.137. The third-order valence-electron chi connectivity index (χ3n) is 2.81. The highest BCUT2D eigenvalue weighted by Crippen LogP contribution is 2.27. The maximum Gasteiger partial charge on any atom is 0.330 e. The lowest BCUT2D eigenvalue weighted by Gasteiger charge is -2.04. The molecule has 2 rings (SSSR count). The van der Waals surface area contributed by atoms with Crippen LogP contribution in [0.25, 0.3) is 17.2 Å². The minimum Gasteiger partial charge on any atom is -0.463 e. The molecule has 0 aliphatic carbocycles. The van der Waals surface area contributed by atoms with E-state index in [1.807, 2.05) is 36.4 Å². The zero-order valence-electron chi connectivity index (χ0n) is 11.5. The second-order valence-electron chi connectivity index (χ2n) is 4.37. The summed E-state index contributed by atoms with van der Waals surface area (Å²) >= 11 is 12.0. The Kier molecular flexibility index (Phi) is 5.43. The highest BCUT2D eigenvalue weighted by Gasteiger charge is 2.01. The van der Waals surface area contributed by atoms with E-state index in [2.05, 4.69) is 0 Å². The average Bonchev–Trinajstić information content (AvgIpc) is 2.45. The Morgan fingerprint density at radius 3 is 2.24 bits per heavy atom. The number of hydrogen-bond acceptors (Lipinski definition) is 2. The number of esters is 1. The largest absolute Gasteiger partial charge is 0.463 e. The van der Waals surface area contributed by atoms with Gasteiger partial charge in [-0.3, -0.25) is 0 Å². The molecule has 2 aromatic rings. The van der Waals surface area contributed by atoms with Crippen molar-refractivity contribution >= 4 is 35.2 Å². The Morgan fingerprint density at radius 2 is 1.67 bits per heavy atom. The van der Waals surface area contributed by atoms with E-state index in [0.717, 1.165) is 16.7 Å². The molecule has 0 fully saturated rings. The molecule has 0 radical (unpaired) electrons. The van der Waals surface area contributed by atoms with Gasteiger partial charge in [-0.25, -0.2) is 4.79 Å². The van der Waals surface area contributed by atoms with Crippen LogP contribution in [0.2, 0.25) is 10.0 Å². The van der Waals surface area contributed by atoms with Gasteiger partial charge in [0.1, 0.15) is 0 Å². The normalized spacial score (nSPS) is 10.8. The van der Waals surface area contributed by atoms with E-state index in [-0.39, 0.29) is 5.97 Å². The molecule has 21 heavy (non-hydrogen) atoms. The van der Waals surface area contributed by atoms with Gasteiger partial charge in [-0.05, 0) is 47.9 Å². The maximum absolute atomic E-state index is 11.2. The van der Waals surface area contributed by atoms with Crippen LogP contribution in [0.1, 0.15) is 12.5 Å². The molecule has 0 N–H and O–H groups in total. The summed E-state index contributed by atoms with van der Waals surface area (Å²) in [5, 5.41) is 1.20. The molecule has 0 aliphatic rings. The Labute approximate surface area is 134 Å². The quantitative estimate of drug-likeness (QED) is 0.569. The van der Waals surface area contributed by atoms with Gasteiger partial charge in [-0.15, -0.1) is 0 Å². The third-order valence-corrected chi connectivity index (χ3v) is 3.24. The van der Waals surface area contributed by atoms with Gasteiger partial charge in [0.05, 0.1) is 6.61 Å². The molecule has 0 amide bonds. The zero-order chi connectivity index (χ0) is 15.2. The van der Waals surface area contributed by atoms with E-state index in [0.29, 0.717) is 16.7 Å². The summed E-state index contributed by atoms with van der Waals surface area (Å²) in [6.45, 7) is 2.15. The lowest BCUT2D eigenvalue weighted by atomic mass is 10.0. The molecule has 0 saturated carbocycles. The molecule has 0 aliphatic heterocycles. The van der Waals surface area contributed by atoms with E-state index in [9.17, 15) is 4.79 Å². The number of ether oxygens (including phenoxy) is 1. The Bertz CT molecular complexity index is 641. The molecule has 0 aromatic heterocycles. The molecular formula is C17H14Cl2O2. The third kappa shape index (κ3) is 4.62. The van der Waals surface area contributed by atoms with Crippen molar-refractivity contribution in [3.8, 4) is 11.1 Å². The molecule has 0 spiro atoms. The lowest BCUT2D eigenvalue weighted by Crippen LogP contribution is -1.98. The molecule has 0 bridgehead atoms. The molecule has 0 heterocycles. The van der Waals surface area contributed by atoms with Gasteiger partial charge < -0.3 is 4.74 Å². The molecule has 4 heteroatoms. The predicted octanol–water partition coefficient (Wildman–Crippen LogP) is 5.24. The first-order valence-electron chi connectivity index (χ1n) is 6.50. The standard InChI is InChI=1S/C17H14Cl2O2/c1-2-21-17(20)8-5-12-3-6-13(7-4-12)14-9-15(18)11-16(19)10-14/h3-11H,2H2,1H3. The van der Waals surface area contributed by atoms with Gasteiger partial charge in [0.15, 0.2) is 0 Å². The van der Waals surface area contributed by atoms with Crippen LogP contribution in [0.3, 0.4) is 0 Å². The highest BCUT2D eigenvalue weighted by atomic mass is 35.5. The van der Waals surface area contributed by atoms with Crippen molar-refractivity contribution in [2.75, 3.05) is 6.61 Å². The molecule has 0 atom stereocenters. The summed E-state index contributed by atoms with van der Waals surface area (Å²) in [5.41, 5.74) is 2.88. The summed E-state index contributed by atoms with van der Waals surface area (Å²) < 4.78 is 4.83.